The van der Waals surface area contributed by atoms with Crippen LogP contribution in [-0.2, 0) is 10.2 Å². The number of ether oxygens (including phenoxy) is 2. The van der Waals surface area contributed by atoms with Gasteiger partial charge in [-0.15, -0.1) is 0 Å². The maximum Gasteiger partial charge on any atom is 0.225 e. The summed E-state index contributed by atoms with van der Waals surface area (Å²) in [7, 11) is 4.84. The molecule has 1 aromatic rings. The van der Waals surface area contributed by atoms with Gasteiger partial charge in [-0.1, -0.05) is 18.2 Å². The van der Waals surface area contributed by atoms with Gasteiger partial charge >= 0.3 is 0 Å². The van der Waals surface area contributed by atoms with Crippen LogP contribution in [0.15, 0.2) is 30.4 Å². The second-order valence-corrected chi connectivity index (χ2v) is 6.52. The van der Waals surface area contributed by atoms with E-state index in [9.17, 15) is 9.90 Å². The Morgan fingerprint density at radius 2 is 1.91 bits per heavy atom. The first-order valence-corrected chi connectivity index (χ1v) is 7.76. The molecule has 0 unspecified atom stereocenters. The minimum atomic E-state index is -1.24. The number of fused-ring (bicyclic) bond motifs is 1. The Labute approximate surface area is 136 Å². The predicted octanol–water partition coefficient (Wildman–Crippen LogP) is 2.23. The molecule has 3 rings (SSSR count). The lowest BCUT2D eigenvalue weighted by Crippen LogP contribution is -2.57. The van der Waals surface area contributed by atoms with Crippen LogP contribution in [0.3, 0.4) is 0 Å². The molecule has 0 bridgehead atoms. The van der Waals surface area contributed by atoms with E-state index in [0.29, 0.717) is 30.8 Å². The van der Waals surface area contributed by atoms with E-state index in [2.05, 4.69) is 6.58 Å². The normalized spacial score (nSPS) is 30.3. The summed E-state index contributed by atoms with van der Waals surface area (Å²) in [4.78, 5) is 13.9. The molecule has 1 N–H and O–H groups in total. The average Bonchev–Trinajstić information content (AvgIpc) is 2.75. The van der Waals surface area contributed by atoms with E-state index in [4.69, 9.17) is 9.47 Å². The van der Waals surface area contributed by atoms with Gasteiger partial charge in [0.25, 0.3) is 0 Å². The molecule has 1 aliphatic heterocycles. The third-order valence-corrected chi connectivity index (χ3v) is 5.49. The van der Waals surface area contributed by atoms with Crippen molar-refractivity contribution in [1.29, 1.82) is 0 Å². The largest absolute Gasteiger partial charge is 0.493 e. The van der Waals surface area contributed by atoms with Crippen LogP contribution in [0.25, 0.3) is 0 Å². The van der Waals surface area contributed by atoms with E-state index < -0.39 is 11.1 Å². The second kappa shape index (κ2) is 5.27. The third kappa shape index (κ3) is 2.06. The Balaban J connectivity index is 2.15. The number of benzene rings is 1. The zero-order chi connectivity index (χ0) is 16.8. The summed E-state index contributed by atoms with van der Waals surface area (Å²) in [6, 6.07) is 5.63. The fraction of sp³-hybridized carbons (Fsp3) is 0.500. The molecule has 1 amide bonds. The van der Waals surface area contributed by atoms with Crippen molar-refractivity contribution in [3.05, 3.63) is 35.9 Å². The Morgan fingerprint density at radius 3 is 2.57 bits per heavy atom. The fourth-order valence-corrected chi connectivity index (χ4v) is 4.06. The van der Waals surface area contributed by atoms with Gasteiger partial charge in [0, 0.05) is 19.9 Å². The van der Waals surface area contributed by atoms with Crippen molar-refractivity contribution >= 4 is 5.91 Å². The smallest absolute Gasteiger partial charge is 0.225 e. The molecule has 1 aliphatic carbocycles. The van der Waals surface area contributed by atoms with E-state index in [1.165, 1.54) is 4.90 Å². The Hall–Kier alpha value is -2.01. The van der Waals surface area contributed by atoms with E-state index in [1.54, 1.807) is 21.3 Å². The Morgan fingerprint density at radius 1 is 1.22 bits per heavy atom. The molecular weight excluding hydrogens is 294 g/mol. The fourth-order valence-electron chi connectivity index (χ4n) is 4.06. The summed E-state index contributed by atoms with van der Waals surface area (Å²) in [6.07, 6.45) is 2.19. The van der Waals surface area contributed by atoms with Crippen LogP contribution in [0.1, 0.15) is 31.2 Å². The predicted molar refractivity (Wildman–Crippen MR) is 86.6 cm³/mol. The number of likely N-dealkylation sites (N-methyl/N-ethyl adjacent to an activating group) is 1. The second-order valence-electron chi connectivity index (χ2n) is 6.52. The number of rotatable bonds is 3. The number of carbonyl (C=O) groups excluding carboxylic acids is 1. The van der Waals surface area contributed by atoms with Crippen LogP contribution in [0, 0.1) is 0 Å². The van der Waals surface area contributed by atoms with Crippen LogP contribution in [0.5, 0.6) is 11.5 Å². The average molecular weight is 317 g/mol. The van der Waals surface area contributed by atoms with E-state index in [-0.39, 0.29) is 5.91 Å². The molecule has 1 heterocycles. The Bertz CT molecular complexity index is 671. The molecular formula is C18H23NO4. The van der Waals surface area contributed by atoms with Gasteiger partial charge in [0.2, 0.25) is 5.91 Å². The summed E-state index contributed by atoms with van der Waals surface area (Å²) in [5.41, 5.74) is 0.00601. The number of nitrogens with zero attached hydrogens (tertiary/aromatic N) is 1. The first-order chi connectivity index (χ1) is 10.9. The summed E-state index contributed by atoms with van der Waals surface area (Å²) in [5, 5.41) is 11.4. The van der Waals surface area contributed by atoms with Gasteiger partial charge in [-0.2, -0.15) is 0 Å². The summed E-state index contributed by atoms with van der Waals surface area (Å²) in [6.45, 7) is 4.02. The minimum Gasteiger partial charge on any atom is -0.493 e. The molecule has 2 aliphatic rings. The number of carbonyl (C=O) groups is 1. The van der Waals surface area contributed by atoms with Gasteiger partial charge in [-0.3, -0.25) is 4.79 Å². The molecule has 2 atom stereocenters. The van der Waals surface area contributed by atoms with Crippen molar-refractivity contribution in [3.63, 3.8) is 0 Å². The molecule has 124 valence electrons. The highest BCUT2D eigenvalue weighted by molar-refractivity contribution is 5.82. The number of hydrogen-bond acceptors (Lipinski definition) is 4. The zero-order valence-corrected chi connectivity index (χ0v) is 13.9. The molecule has 1 saturated heterocycles. The van der Waals surface area contributed by atoms with Crippen LogP contribution in [0.4, 0.5) is 0 Å². The zero-order valence-electron chi connectivity index (χ0n) is 13.9. The van der Waals surface area contributed by atoms with Gasteiger partial charge in [-0.05, 0) is 30.5 Å². The first-order valence-electron chi connectivity index (χ1n) is 7.76. The van der Waals surface area contributed by atoms with E-state index >= 15 is 0 Å². The minimum absolute atomic E-state index is 0.0445. The highest BCUT2D eigenvalue weighted by Gasteiger charge is 2.63. The molecule has 1 aromatic carbocycles. The lowest BCUT2D eigenvalue weighted by Gasteiger charge is -2.48. The van der Waals surface area contributed by atoms with Gasteiger partial charge in [0.1, 0.15) is 0 Å². The van der Waals surface area contributed by atoms with Crippen molar-refractivity contribution in [2.24, 2.45) is 0 Å². The molecule has 23 heavy (non-hydrogen) atoms. The monoisotopic (exact) mass is 317 g/mol. The van der Waals surface area contributed by atoms with Gasteiger partial charge in [0.05, 0.1) is 19.6 Å². The van der Waals surface area contributed by atoms with Gasteiger partial charge < -0.3 is 19.5 Å². The first kappa shape index (κ1) is 15.9. The quantitative estimate of drug-likeness (QED) is 0.869. The molecule has 2 fully saturated rings. The van der Waals surface area contributed by atoms with E-state index in [0.717, 1.165) is 17.6 Å². The number of hydrogen-bond donors (Lipinski definition) is 1. The Kier molecular flexibility index (Phi) is 3.64. The number of methoxy groups -OCH3 is 2. The number of amides is 1. The number of aliphatic hydroxyl groups is 1. The third-order valence-electron chi connectivity index (χ3n) is 5.49. The van der Waals surface area contributed by atoms with E-state index in [1.807, 2.05) is 18.2 Å². The van der Waals surface area contributed by atoms with Crippen LogP contribution in [0.2, 0.25) is 0 Å². The maximum atomic E-state index is 12.4. The molecule has 0 aromatic heterocycles. The summed E-state index contributed by atoms with van der Waals surface area (Å²) in [5.74, 6) is 1.19. The van der Waals surface area contributed by atoms with Crippen LogP contribution >= 0.6 is 0 Å². The highest BCUT2D eigenvalue weighted by Crippen LogP contribution is 2.56. The van der Waals surface area contributed by atoms with Crippen molar-refractivity contribution in [2.45, 2.75) is 36.8 Å². The standard InChI is InChI=1S/C18H23NO4/c1-12-7-8-17(11-16(20)19(2)18(17,21)10-12)13-5-6-14(22-3)15(9-13)23-4/h5-6,9,21H,1,7-8,10-11H2,2-4H3/t17-,18+/m1/s1. The highest BCUT2D eigenvalue weighted by atomic mass is 16.5. The molecule has 5 nitrogen and oxygen atoms in total. The van der Waals surface area contributed by atoms with Crippen molar-refractivity contribution in [3.8, 4) is 11.5 Å². The van der Waals surface area contributed by atoms with Crippen LogP contribution < -0.4 is 9.47 Å². The van der Waals surface area contributed by atoms with Gasteiger partial charge in [0.15, 0.2) is 17.2 Å². The topological polar surface area (TPSA) is 59.0 Å². The molecule has 0 spiro atoms. The van der Waals surface area contributed by atoms with Crippen LogP contribution in [-0.4, -0.2) is 42.9 Å². The lowest BCUT2D eigenvalue weighted by molar-refractivity contribution is -0.151. The maximum absolute atomic E-state index is 12.4. The molecule has 0 radical (unpaired) electrons. The lowest BCUT2D eigenvalue weighted by atomic mass is 9.63. The number of likely N-dealkylation sites (tertiary alicyclic amines) is 1. The molecule has 5 heteroatoms. The van der Waals surface area contributed by atoms with Crippen molar-refractivity contribution < 1.29 is 19.4 Å². The summed E-state index contributed by atoms with van der Waals surface area (Å²) < 4.78 is 10.7. The summed E-state index contributed by atoms with van der Waals surface area (Å²) >= 11 is 0. The SMILES string of the molecule is C=C1CC[C@]2(c3ccc(OC)c(OC)c3)CC(=O)N(C)[C@]2(O)C1. The van der Waals surface area contributed by atoms with Crippen molar-refractivity contribution in [2.75, 3.05) is 21.3 Å². The van der Waals surface area contributed by atoms with Gasteiger partial charge in [-0.25, -0.2) is 0 Å². The molecule has 1 saturated carbocycles. The van der Waals surface area contributed by atoms with Crippen molar-refractivity contribution in [1.82, 2.24) is 4.90 Å².